The predicted octanol–water partition coefficient (Wildman–Crippen LogP) is 4.29. The Hall–Kier alpha value is -1.67. The van der Waals surface area contributed by atoms with E-state index in [9.17, 15) is 9.50 Å². The molecule has 2 aromatic carbocycles. The molecule has 20 heavy (non-hydrogen) atoms. The lowest BCUT2D eigenvalue weighted by Crippen LogP contribution is -2.03. The number of hydrogen-bond acceptors (Lipinski definition) is 1. The molecule has 0 amide bonds. The van der Waals surface area contributed by atoms with Crippen LogP contribution in [0.1, 0.15) is 47.1 Å². The Bertz CT molecular complexity index is 599. The first kappa shape index (κ1) is 13.3. The molecular formula is C18H19FO. The maximum atomic E-state index is 13.3. The summed E-state index contributed by atoms with van der Waals surface area (Å²) in [6.07, 6.45) is 2.44. The van der Waals surface area contributed by atoms with Crippen LogP contribution in [0, 0.1) is 12.7 Å². The molecule has 0 heterocycles. The van der Waals surface area contributed by atoms with Crippen LogP contribution in [0.25, 0.3) is 0 Å². The molecule has 0 bridgehead atoms. The van der Waals surface area contributed by atoms with Crippen molar-refractivity contribution in [3.8, 4) is 0 Å². The van der Waals surface area contributed by atoms with Gasteiger partial charge in [0.2, 0.25) is 0 Å². The summed E-state index contributed by atoms with van der Waals surface area (Å²) in [6, 6.07) is 12.9. The maximum absolute atomic E-state index is 13.3. The van der Waals surface area contributed by atoms with E-state index in [-0.39, 0.29) is 5.82 Å². The van der Waals surface area contributed by atoms with E-state index in [4.69, 9.17) is 0 Å². The van der Waals surface area contributed by atoms with Crippen molar-refractivity contribution in [2.75, 3.05) is 0 Å². The lowest BCUT2D eigenvalue weighted by molar-refractivity contribution is 0.178. The summed E-state index contributed by atoms with van der Waals surface area (Å²) in [4.78, 5) is 0. The second-order valence-electron chi connectivity index (χ2n) is 5.73. The smallest absolute Gasteiger partial charge is 0.123 e. The summed E-state index contributed by atoms with van der Waals surface area (Å²) in [5, 5.41) is 10.3. The van der Waals surface area contributed by atoms with E-state index in [0.29, 0.717) is 6.42 Å². The normalized spacial score (nSPS) is 16.1. The summed E-state index contributed by atoms with van der Waals surface area (Å²) < 4.78 is 13.3. The van der Waals surface area contributed by atoms with Gasteiger partial charge in [-0.25, -0.2) is 4.39 Å². The molecule has 3 rings (SSSR count). The summed E-state index contributed by atoms with van der Waals surface area (Å²) >= 11 is 0. The van der Waals surface area contributed by atoms with Crippen LogP contribution in [-0.4, -0.2) is 5.11 Å². The first-order chi connectivity index (χ1) is 9.63. The van der Waals surface area contributed by atoms with E-state index < -0.39 is 6.10 Å². The van der Waals surface area contributed by atoms with Crippen molar-refractivity contribution in [1.29, 1.82) is 0 Å². The zero-order chi connectivity index (χ0) is 14.1. The predicted molar refractivity (Wildman–Crippen MR) is 78.2 cm³/mol. The van der Waals surface area contributed by atoms with Gasteiger partial charge in [-0.15, -0.1) is 0 Å². The van der Waals surface area contributed by atoms with Crippen molar-refractivity contribution in [1.82, 2.24) is 0 Å². The van der Waals surface area contributed by atoms with Gasteiger partial charge in [0.1, 0.15) is 5.82 Å². The molecule has 0 aromatic heterocycles. The first-order valence-corrected chi connectivity index (χ1v) is 7.16. The van der Waals surface area contributed by atoms with Gasteiger partial charge in [0.05, 0.1) is 6.10 Å². The molecule has 0 saturated heterocycles. The largest absolute Gasteiger partial charge is 0.388 e. The lowest BCUT2D eigenvalue weighted by atomic mass is 9.97. The van der Waals surface area contributed by atoms with Crippen LogP contribution < -0.4 is 0 Å². The fourth-order valence-corrected chi connectivity index (χ4v) is 2.59. The van der Waals surface area contributed by atoms with E-state index >= 15 is 0 Å². The van der Waals surface area contributed by atoms with E-state index in [1.54, 1.807) is 6.07 Å². The minimum atomic E-state index is -0.580. The molecule has 1 N–H and O–H groups in total. The Morgan fingerprint density at radius 1 is 1.15 bits per heavy atom. The highest BCUT2D eigenvalue weighted by Crippen LogP contribution is 2.40. The van der Waals surface area contributed by atoms with E-state index in [2.05, 4.69) is 12.1 Å². The molecule has 0 spiro atoms. The molecule has 1 unspecified atom stereocenters. The Labute approximate surface area is 119 Å². The third kappa shape index (κ3) is 2.91. The highest BCUT2D eigenvalue weighted by molar-refractivity contribution is 5.32. The van der Waals surface area contributed by atoms with E-state index in [0.717, 1.165) is 22.6 Å². The van der Waals surface area contributed by atoms with Crippen molar-refractivity contribution in [3.63, 3.8) is 0 Å². The van der Waals surface area contributed by atoms with Crippen LogP contribution in [0.2, 0.25) is 0 Å². The molecule has 1 fully saturated rings. The first-order valence-electron chi connectivity index (χ1n) is 7.16. The van der Waals surface area contributed by atoms with Crippen molar-refractivity contribution in [2.45, 2.75) is 38.2 Å². The van der Waals surface area contributed by atoms with E-state index in [1.807, 2.05) is 19.1 Å². The van der Waals surface area contributed by atoms with Gasteiger partial charge < -0.3 is 5.11 Å². The fraction of sp³-hybridized carbons (Fsp3) is 0.333. The van der Waals surface area contributed by atoms with Crippen LogP contribution in [0.5, 0.6) is 0 Å². The van der Waals surface area contributed by atoms with Crippen LogP contribution in [0.15, 0.2) is 42.5 Å². The van der Waals surface area contributed by atoms with Crippen LogP contribution >= 0.6 is 0 Å². The van der Waals surface area contributed by atoms with Crippen molar-refractivity contribution in [2.24, 2.45) is 0 Å². The minimum Gasteiger partial charge on any atom is -0.388 e. The van der Waals surface area contributed by atoms with Crippen LogP contribution in [-0.2, 0) is 6.42 Å². The summed E-state index contributed by atoms with van der Waals surface area (Å²) in [6.45, 7) is 1.94. The molecule has 0 aliphatic heterocycles. The van der Waals surface area contributed by atoms with Gasteiger partial charge in [-0.2, -0.15) is 0 Å². The summed E-state index contributed by atoms with van der Waals surface area (Å²) in [5.41, 5.74) is 4.14. The number of benzene rings is 2. The highest BCUT2D eigenvalue weighted by atomic mass is 19.1. The Kier molecular flexibility index (Phi) is 3.58. The van der Waals surface area contributed by atoms with Gasteiger partial charge in [-0.3, -0.25) is 0 Å². The van der Waals surface area contributed by atoms with Crippen LogP contribution in [0.3, 0.4) is 0 Å². The van der Waals surface area contributed by atoms with Gasteiger partial charge in [0, 0.05) is 6.42 Å². The Morgan fingerprint density at radius 3 is 2.50 bits per heavy atom. The quantitative estimate of drug-likeness (QED) is 0.878. The summed E-state index contributed by atoms with van der Waals surface area (Å²) in [7, 11) is 0. The average Bonchev–Trinajstić information content (AvgIpc) is 3.27. The molecule has 104 valence electrons. The number of aliphatic hydroxyl groups is 1. The molecular weight excluding hydrogens is 251 g/mol. The molecule has 0 radical (unpaired) electrons. The van der Waals surface area contributed by atoms with Crippen molar-refractivity contribution < 1.29 is 9.50 Å². The zero-order valence-corrected chi connectivity index (χ0v) is 11.6. The van der Waals surface area contributed by atoms with Gasteiger partial charge >= 0.3 is 0 Å². The van der Waals surface area contributed by atoms with Gasteiger partial charge in [-0.1, -0.05) is 30.3 Å². The monoisotopic (exact) mass is 270 g/mol. The second-order valence-corrected chi connectivity index (χ2v) is 5.73. The number of halogens is 1. The second kappa shape index (κ2) is 5.37. The number of aliphatic hydroxyl groups excluding tert-OH is 1. The molecule has 2 aromatic rings. The third-order valence-electron chi connectivity index (χ3n) is 4.09. The molecule has 1 nitrogen and oxygen atoms in total. The van der Waals surface area contributed by atoms with Gasteiger partial charge in [0.15, 0.2) is 0 Å². The third-order valence-corrected chi connectivity index (χ3v) is 4.09. The standard InChI is InChI=1S/C18H19FO/c1-12-2-9-17(19)10-16(12)11-18(20)15-7-5-14(6-8-15)13-3-4-13/h2,5-10,13,18,20H,3-4,11H2,1H3. The van der Waals surface area contributed by atoms with Gasteiger partial charge in [-0.05, 0) is 60.1 Å². The minimum absolute atomic E-state index is 0.248. The van der Waals surface area contributed by atoms with Crippen LogP contribution in [0.4, 0.5) is 4.39 Å². The highest BCUT2D eigenvalue weighted by Gasteiger charge is 2.23. The number of aryl methyl sites for hydroxylation is 1. The molecule has 1 aliphatic rings. The van der Waals surface area contributed by atoms with Crippen molar-refractivity contribution >= 4 is 0 Å². The Balaban J connectivity index is 1.74. The van der Waals surface area contributed by atoms with Crippen molar-refractivity contribution in [3.05, 3.63) is 70.5 Å². The maximum Gasteiger partial charge on any atom is 0.123 e. The summed E-state index contributed by atoms with van der Waals surface area (Å²) in [5.74, 6) is 0.480. The average molecular weight is 270 g/mol. The molecule has 1 saturated carbocycles. The SMILES string of the molecule is Cc1ccc(F)cc1CC(O)c1ccc(C2CC2)cc1. The Morgan fingerprint density at radius 2 is 1.85 bits per heavy atom. The lowest BCUT2D eigenvalue weighted by Gasteiger charge is -2.13. The zero-order valence-electron chi connectivity index (χ0n) is 11.6. The number of hydrogen-bond donors (Lipinski definition) is 1. The van der Waals surface area contributed by atoms with E-state index in [1.165, 1.54) is 30.5 Å². The molecule has 1 aliphatic carbocycles. The molecule has 2 heteroatoms. The molecule has 1 atom stereocenters. The topological polar surface area (TPSA) is 20.2 Å². The fourth-order valence-electron chi connectivity index (χ4n) is 2.59. The number of rotatable bonds is 4. The van der Waals surface area contributed by atoms with Gasteiger partial charge in [0.25, 0.3) is 0 Å².